The van der Waals surface area contributed by atoms with Gasteiger partial charge in [-0.3, -0.25) is 0 Å². The Morgan fingerprint density at radius 3 is 1.25 bits per heavy atom. The number of hydrogen-bond acceptors (Lipinski definition) is 0. The van der Waals surface area contributed by atoms with Gasteiger partial charge in [-0.25, -0.2) is 0 Å². The predicted molar refractivity (Wildman–Crippen MR) is 12.9 cm³/mol. The fourth-order valence-corrected chi connectivity index (χ4v) is 0. The largest absolute Gasteiger partial charge is 0 e. The number of rotatable bonds is 0. The smallest absolute Gasteiger partial charge is 0 e. The zero-order valence-corrected chi connectivity index (χ0v) is 11.1. The van der Waals surface area contributed by atoms with Crippen molar-refractivity contribution in [3.63, 3.8) is 0 Å². The van der Waals surface area contributed by atoms with E-state index in [0.717, 1.165) is 0 Å². The minimum atomic E-state index is 0. The van der Waals surface area contributed by atoms with Crippen molar-refractivity contribution in [3.05, 3.63) is 0 Å². The van der Waals surface area contributed by atoms with Gasteiger partial charge in [-0.15, -0.1) is 0 Å². The second kappa shape index (κ2) is 17.3. The van der Waals surface area contributed by atoms with Crippen LogP contribution in [0.1, 0.15) is 0 Å². The molecule has 4 heavy (non-hydrogen) atoms. The third-order valence-electron chi connectivity index (χ3n) is 0. The van der Waals surface area contributed by atoms with Crippen molar-refractivity contribution in [3.8, 4) is 0 Å². The Balaban J connectivity index is -0.00000000500. The van der Waals surface area contributed by atoms with Crippen LogP contribution in [0.4, 0.5) is 0 Å². The van der Waals surface area contributed by atoms with Crippen LogP contribution < -0.4 is 0 Å². The van der Waals surface area contributed by atoms with Crippen LogP contribution >= 0.6 is 0 Å². The predicted octanol–water partition coefficient (Wildman–Crippen LogP) is -1.03. The molecule has 0 saturated carbocycles. The van der Waals surface area contributed by atoms with Gasteiger partial charge in [0, 0.05) is 44.4 Å². The molecule has 0 spiro atoms. The Morgan fingerprint density at radius 1 is 1.25 bits per heavy atom. The summed E-state index contributed by atoms with van der Waals surface area (Å²) in [5.74, 6) is 0. The first-order chi connectivity index (χ1) is 1.00. The topological polar surface area (TPSA) is 0 Å². The molecule has 0 aliphatic heterocycles. The second-order valence-corrected chi connectivity index (χ2v) is 0. The first kappa shape index (κ1) is 15.9. The van der Waals surface area contributed by atoms with E-state index in [1.807, 2.05) is 0 Å². The summed E-state index contributed by atoms with van der Waals surface area (Å²) in [5, 5.41) is 0. The molecule has 0 atom stereocenters. The van der Waals surface area contributed by atoms with E-state index in [1.165, 1.54) is 0 Å². The molecule has 0 amide bonds. The summed E-state index contributed by atoms with van der Waals surface area (Å²) in [4.78, 5) is 0. The third-order valence-corrected chi connectivity index (χ3v) is 0. The van der Waals surface area contributed by atoms with Crippen LogP contribution in [0.5, 0.6) is 0 Å². The molecule has 2 radical (unpaired) electrons. The maximum absolute atomic E-state index is 2.26. The maximum Gasteiger partial charge on any atom is 0 e. The molecule has 0 bridgehead atoms. The molecular formula is HAuCuSeTl. The van der Waals surface area contributed by atoms with E-state index in [1.54, 1.807) is 0 Å². The van der Waals surface area contributed by atoms with E-state index in [4.69, 9.17) is 0 Å². The van der Waals surface area contributed by atoms with E-state index in [0.29, 0.717) is 0 Å². The second-order valence-electron chi connectivity index (χ2n) is 0. The van der Waals surface area contributed by atoms with Crippen molar-refractivity contribution in [2.24, 2.45) is 0 Å². The molecule has 0 nitrogen and oxygen atoms in total. The standard InChI is InChI=1S/Au.Cu.H2Se.Tl/h;;1H2;/q+1;;;/p-1. The van der Waals surface area contributed by atoms with Gasteiger partial charge in [-0.05, 0) is 0 Å². The van der Waals surface area contributed by atoms with E-state index >= 15 is 0 Å². The van der Waals surface area contributed by atoms with Gasteiger partial charge < -0.3 is 0 Å². The van der Waals surface area contributed by atoms with Crippen molar-refractivity contribution in [2.75, 3.05) is 0 Å². The molecule has 0 aromatic heterocycles. The molecule has 4 heteroatoms. The van der Waals surface area contributed by atoms with Gasteiger partial charge in [0.05, 0.1) is 0 Å². The van der Waals surface area contributed by atoms with Gasteiger partial charge in [0.1, 0.15) is 0 Å². The average Bonchev–Trinajstić information content (AvgIpc) is 1.00. The van der Waals surface area contributed by atoms with E-state index in [2.05, 4.69) is 32.0 Å². The van der Waals surface area contributed by atoms with E-state index in [9.17, 15) is 0 Å². The first-order valence-electron chi connectivity index (χ1n) is 0.135. The van der Waals surface area contributed by atoms with Crippen LogP contribution in [-0.4, -0.2) is 40.4 Å². The van der Waals surface area contributed by atoms with Crippen LogP contribution in [0.15, 0.2) is 0 Å². The SMILES string of the molecule is [Cu].[SeH][Au].[Tl]. The third kappa shape index (κ3) is 8.83. The molecule has 0 N–H and O–H groups in total. The minimum absolute atomic E-state index is 0. The molecule has 0 saturated heterocycles. The van der Waals surface area contributed by atoms with Gasteiger partial charge in [-0.1, -0.05) is 0 Å². The molecule has 32 valence electrons. The Morgan fingerprint density at radius 2 is 1.25 bits per heavy atom. The molecule has 0 rings (SSSR count). The van der Waals surface area contributed by atoms with Gasteiger partial charge in [0.25, 0.3) is 0 Å². The Bertz CT molecular complexity index is 8.00. The normalized spacial score (nSPS) is 1.75. The fraction of sp³-hybridized carbons (Fsp3) is 0. The quantitative estimate of drug-likeness (QED) is 0.342. The van der Waals surface area contributed by atoms with E-state index < -0.39 is 0 Å². The van der Waals surface area contributed by atoms with Crippen molar-refractivity contribution in [1.82, 2.24) is 0 Å². The fourth-order valence-electron chi connectivity index (χ4n) is 0. The van der Waals surface area contributed by atoms with Crippen molar-refractivity contribution >= 4 is 40.4 Å². The van der Waals surface area contributed by atoms with Gasteiger partial charge >= 0.3 is 32.0 Å². The monoisotopic (exact) mass is 546 g/mol. The molecule has 0 aromatic rings. The summed E-state index contributed by atoms with van der Waals surface area (Å²) < 4.78 is 0. The Hall–Kier alpha value is 2.70. The summed E-state index contributed by atoms with van der Waals surface area (Å²) in [7, 11) is 0. The maximum atomic E-state index is 2.26. The van der Waals surface area contributed by atoms with Gasteiger partial charge in [0.2, 0.25) is 0 Å². The van der Waals surface area contributed by atoms with Crippen molar-refractivity contribution < 1.29 is 36.0 Å². The molecule has 0 aromatic carbocycles. The first-order valence-corrected chi connectivity index (χ1v) is 5.74. The molecule has 0 fully saturated rings. The van der Waals surface area contributed by atoms with Crippen LogP contribution in [0.2, 0.25) is 0 Å². The van der Waals surface area contributed by atoms with Gasteiger partial charge in [0.15, 0.2) is 0 Å². The Kier molecular flexibility index (Phi) is 68.6. The van der Waals surface area contributed by atoms with E-state index in [-0.39, 0.29) is 44.4 Å². The van der Waals surface area contributed by atoms with Crippen LogP contribution in [-0.2, 0) is 36.0 Å². The van der Waals surface area contributed by atoms with Crippen molar-refractivity contribution in [2.45, 2.75) is 0 Å². The average molecular weight is 545 g/mol. The summed E-state index contributed by atoms with van der Waals surface area (Å²) in [6.07, 6.45) is 0. The summed E-state index contributed by atoms with van der Waals surface area (Å²) in [6, 6.07) is 0. The molecule has 0 aliphatic carbocycles. The summed E-state index contributed by atoms with van der Waals surface area (Å²) in [5.41, 5.74) is 0. The zero-order valence-electron chi connectivity index (χ0n) is 1.63. The van der Waals surface area contributed by atoms with Crippen LogP contribution in [0.3, 0.4) is 0 Å². The van der Waals surface area contributed by atoms with Crippen LogP contribution in [0.25, 0.3) is 0 Å². The van der Waals surface area contributed by atoms with Gasteiger partial charge in [-0.2, -0.15) is 0 Å². The minimum Gasteiger partial charge on any atom is 0 e. The van der Waals surface area contributed by atoms with Crippen LogP contribution in [0, 0.1) is 0 Å². The molecular weight excluding hydrogens is 544 g/mol. The van der Waals surface area contributed by atoms with Crippen molar-refractivity contribution in [1.29, 1.82) is 0 Å². The number of hydrogen-bond donors (Lipinski definition) is 0. The Labute approximate surface area is 75.0 Å². The molecule has 0 unspecified atom stereocenters. The summed E-state index contributed by atoms with van der Waals surface area (Å²) in [6.45, 7) is 0. The molecule has 0 aliphatic rings. The molecule has 0 heterocycles. The zero-order chi connectivity index (χ0) is 2.00. The summed E-state index contributed by atoms with van der Waals surface area (Å²) >= 11 is 4.47.